The van der Waals surface area contributed by atoms with Gasteiger partial charge in [-0.3, -0.25) is 14.3 Å². The van der Waals surface area contributed by atoms with Crippen LogP contribution in [0.1, 0.15) is 5.56 Å². The Bertz CT molecular complexity index is 1240. The number of H-pyrrole nitrogens is 1. The standard InChI is InChI=1S/C21H20F2N2O4S/c1-11-7-15-18-19(17(11)14-4-3-12(22)8-16(14)23)30-10-13(29-6-5-28-2)9-25(18)21(27)24-20(15)26/h3-4,7-8,13H,5-6,9-10H2,1-2H3,(H,24,26,27)/t13-/m0/s1. The Kier molecular flexibility index (Phi) is 5.77. The third kappa shape index (κ3) is 3.68. The first-order chi connectivity index (χ1) is 14.4. The molecule has 158 valence electrons. The first-order valence-electron chi connectivity index (χ1n) is 9.40. The number of hydrogen-bond acceptors (Lipinski definition) is 5. The molecule has 2 aromatic carbocycles. The molecule has 0 radical (unpaired) electrons. The van der Waals surface area contributed by atoms with Crippen LogP contribution in [0.2, 0.25) is 0 Å². The van der Waals surface area contributed by atoms with Gasteiger partial charge in [-0.1, -0.05) is 0 Å². The van der Waals surface area contributed by atoms with E-state index in [-0.39, 0.29) is 18.2 Å². The van der Waals surface area contributed by atoms with Crippen molar-refractivity contribution in [2.45, 2.75) is 24.5 Å². The number of aryl methyl sites for hydroxylation is 1. The first kappa shape index (κ1) is 20.8. The van der Waals surface area contributed by atoms with Gasteiger partial charge in [-0.2, -0.15) is 0 Å². The lowest BCUT2D eigenvalue weighted by molar-refractivity contribution is 0.0211. The molecule has 0 fully saturated rings. The van der Waals surface area contributed by atoms with Crippen molar-refractivity contribution < 1.29 is 18.3 Å². The maximum Gasteiger partial charge on any atom is 0.328 e. The highest BCUT2D eigenvalue weighted by Crippen LogP contribution is 2.41. The van der Waals surface area contributed by atoms with Gasteiger partial charge in [0.2, 0.25) is 0 Å². The molecular weight excluding hydrogens is 414 g/mol. The summed E-state index contributed by atoms with van der Waals surface area (Å²) in [6.07, 6.45) is -0.310. The van der Waals surface area contributed by atoms with E-state index in [2.05, 4.69) is 4.98 Å². The minimum atomic E-state index is -0.704. The van der Waals surface area contributed by atoms with E-state index < -0.39 is 22.9 Å². The number of halogens is 2. The molecule has 6 nitrogen and oxygen atoms in total. The van der Waals surface area contributed by atoms with Crippen molar-refractivity contribution >= 4 is 22.7 Å². The number of rotatable bonds is 5. The van der Waals surface area contributed by atoms with Gasteiger partial charge in [0.05, 0.1) is 36.8 Å². The van der Waals surface area contributed by atoms with E-state index in [4.69, 9.17) is 9.47 Å². The summed E-state index contributed by atoms with van der Waals surface area (Å²) in [6.45, 7) is 2.78. The van der Waals surface area contributed by atoms with Crippen LogP contribution >= 0.6 is 11.8 Å². The van der Waals surface area contributed by atoms with Crippen molar-refractivity contribution in [3.63, 3.8) is 0 Å². The Morgan fingerprint density at radius 3 is 2.77 bits per heavy atom. The Hall–Kier alpha value is -2.49. The number of ether oxygens (including phenoxy) is 2. The Balaban J connectivity index is 1.96. The van der Waals surface area contributed by atoms with Crippen LogP contribution in [0.4, 0.5) is 8.78 Å². The lowest BCUT2D eigenvalue weighted by Gasteiger charge is -2.17. The van der Waals surface area contributed by atoms with Gasteiger partial charge in [0.1, 0.15) is 11.6 Å². The predicted octanol–water partition coefficient (Wildman–Crippen LogP) is 3.08. The van der Waals surface area contributed by atoms with Crippen LogP contribution in [0.25, 0.3) is 22.0 Å². The molecule has 0 amide bonds. The van der Waals surface area contributed by atoms with Gasteiger partial charge in [-0.15, -0.1) is 11.8 Å². The summed E-state index contributed by atoms with van der Waals surface area (Å²) < 4.78 is 40.5. The van der Waals surface area contributed by atoms with E-state index in [1.807, 2.05) is 0 Å². The van der Waals surface area contributed by atoms with E-state index >= 15 is 0 Å². The van der Waals surface area contributed by atoms with Crippen molar-refractivity contribution in [2.24, 2.45) is 0 Å². The second-order valence-electron chi connectivity index (χ2n) is 7.08. The highest BCUT2D eigenvalue weighted by atomic mass is 32.2. The molecule has 0 saturated heterocycles. The second kappa shape index (κ2) is 8.33. The minimum absolute atomic E-state index is 0.219. The second-order valence-corrected chi connectivity index (χ2v) is 8.11. The summed E-state index contributed by atoms with van der Waals surface area (Å²) in [4.78, 5) is 28.1. The Morgan fingerprint density at radius 2 is 2.03 bits per heavy atom. The molecule has 0 unspecified atom stereocenters. The number of hydrogen-bond donors (Lipinski definition) is 1. The van der Waals surface area contributed by atoms with E-state index in [1.54, 1.807) is 20.1 Å². The van der Waals surface area contributed by atoms with Crippen molar-refractivity contribution in [1.29, 1.82) is 0 Å². The predicted molar refractivity (Wildman–Crippen MR) is 111 cm³/mol. The molecule has 9 heteroatoms. The summed E-state index contributed by atoms with van der Waals surface area (Å²) in [7, 11) is 1.57. The van der Waals surface area contributed by atoms with Gasteiger partial charge in [0, 0.05) is 35.0 Å². The van der Waals surface area contributed by atoms with E-state index in [0.717, 1.165) is 6.07 Å². The molecule has 0 spiro atoms. The molecule has 0 aliphatic carbocycles. The summed E-state index contributed by atoms with van der Waals surface area (Å²) >= 11 is 1.40. The number of aromatic nitrogens is 2. The van der Waals surface area contributed by atoms with Gasteiger partial charge in [-0.05, 0) is 30.7 Å². The highest BCUT2D eigenvalue weighted by molar-refractivity contribution is 7.99. The third-order valence-corrected chi connectivity index (χ3v) is 6.30. The fourth-order valence-corrected chi connectivity index (χ4v) is 5.05. The number of thioether (sulfide) groups is 1. The maximum atomic E-state index is 14.7. The molecule has 1 N–H and O–H groups in total. The number of benzene rings is 2. The molecule has 1 aliphatic rings. The number of nitrogens with one attached hydrogen (secondary N) is 1. The van der Waals surface area contributed by atoms with Crippen LogP contribution < -0.4 is 11.2 Å². The first-order valence-corrected chi connectivity index (χ1v) is 10.4. The molecule has 0 bridgehead atoms. The largest absolute Gasteiger partial charge is 0.382 e. The average Bonchev–Trinajstić information content (AvgIpc) is 2.88. The lowest BCUT2D eigenvalue weighted by atomic mass is 9.97. The Morgan fingerprint density at radius 1 is 1.23 bits per heavy atom. The summed E-state index contributed by atoms with van der Waals surface area (Å²) in [5.41, 5.74) is 0.811. The fourth-order valence-electron chi connectivity index (χ4n) is 3.72. The molecule has 1 aliphatic heterocycles. The SMILES string of the molecule is COCCO[C@@H]1CSc2c(-c3ccc(F)cc3F)c(C)cc3c(=O)[nH]c(=O)n(c23)C1. The number of methoxy groups -OCH3 is 1. The fraction of sp³-hybridized carbons (Fsp3) is 0.333. The third-order valence-electron chi connectivity index (χ3n) is 5.07. The van der Waals surface area contributed by atoms with Crippen LogP contribution in [-0.2, 0) is 16.0 Å². The molecule has 30 heavy (non-hydrogen) atoms. The van der Waals surface area contributed by atoms with Crippen LogP contribution in [0.15, 0.2) is 38.8 Å². The quantitative estimate of drug-likeness (QED) is 0.625. The maximum absolute atomic E-state index is 14.7. The molecule has 1 atom stereocenters. The van der Waals surface area contributed by atoms with Gasteiger partial charge >= 0.3 is 5.69 Å². The number of nitrogens with zero attached hydrogens (tertiary/aromatic N) is 1. The molecule has 1 aromatic heterocycles. The van der Waals surface area contributed by atoms with Crippen molar-refractivity contribution in [1.82, 2.24) is 9.55 Å². The van der Waals surface area contributed by atoms with Crippen LogP contribution in [0.3, 0.4) is 0 Å². The van der Waals surface area contributed by atoms with Gasteiger partial charge in [0.15, 0.2) is 0 Å². The highest BCUT2D eigenvalue weighted by Gasteiger charge is 2.26. The van der Waals surface area contributed by atoms with E-state index in [9.17, 15) is 18.4 Å². The van der Waals surface area contributed by atoms with Crippen LogP contribution in [0.5, 0.6) is 0 Å². The normalized spacial score (nSPS) is 16.1. The van der Waals surface area contributed by atoms with E-state index in [0.29, 0.717) is 45.9 Å². The van der Waals surface area contributed by atoms with Gasteiger partial charge in [-0.25, -0.2) is 13.6 Å². The molecule has 0 saturated carbocycles. The smallest absolute Gasteiger partial charge is 0.328 e. The zero-order valence-corrected chi connectivity index (χ0v) is 17.3. The van der Waals surface area contributed by atoms with E-state index in [1.165, 1.54) is 28.5 Å². The van der Waals surface area contributed by atoms with Crippen LogP contribution in [0, 0.1) is 18.6 Å². The van der Waals surface area contributed by atoms with Crippen molar-refractivity contribution in [3.05, 3.63) is 62.3 Å². The van der Waals surface area contributed by atoms with Gasteiger partial charge < -0.3 is 9.47 Å². The lowest BCUT2D eigenvalue weighted by Crippen LogP contribution is -2.34. The molecule has 2 heterocycles. The van der Waals surface area contributed by atoms with Crippen molar-refractivity contribution in [2.75, 3.05) is 26.1 Å². The summed E-state index contributed by atoms with van der Waals surface area (Å²) in [5.74, 6) is -0.883. The Labute approximate surface area is 174 Å². The van der Waals surface area contributed by atoms with Gasteiger partial charge in [0.25, 0.3) is 5.56 Å². The molecule has 3 aromatic rings. The molecular formula is C21H20F2N2O4S. The summed E-state index contributed by atoms with van der Waals surface area (Å²) in [5, 5.41) is 0.346. The summed E-state index contributed by atoms with van der Waals surface area (Å²) in [6, 6.07) is 5.04. The average molecular weight is 434 g/mol. The minimum Gasteiger partial charge on any atom is -0.382 e. The van der Waals surface area contributed by atoms with Crippen molar-refractivity contribution in [3.8, 4) is 11.1 Å². The zero-order chi connectivity index (χ0) is 21.4. The zero-order valence-electron chi connectivity index (χ0n) is 16.5. The van der Waals surface area contributed by atoms with Crippen LogP contribution in [-0.4, -0.2) is 41.7 Å². The number of aromatic amines is 1. The monoisotopic (exact) mass is 434 g/mol. The topological polar surface area (TPSA) is 73.3 Å². The molecule has 4 rings (SSSR count).